The van der Waals surface area contributed by atoms with Crippen LogP contribution in [-0.4, -0.2) is 40.8 Å². The molecular weight excluding hydrogens is 326 g/mol. The van der Waals surface area contributed by atoms with Crippen molar-refractivity contribution in [3.63, 3.8) is 0 Å². The molecule has 140 valence electrons. The van der Waals surface area contributed by atoms with Crippen molar-refractivity contribution in [3.05, 3.63) is 30.1 Å². The molecule has 4 atom stereocenters. The van der Waals surface area contributed by atoms with Gasteiger partial charge in [0.25, 0.3) is 5.91 Å². The normalized spacial score (nSPS) is 29.6. The van der Waals surface area contributed by atoms with E-state index in [1.54, 1.807) is 24.5 Å². The lowest BCUT2D eigenvalue weighted by Gasteiger charge is -2.33. The first-order valence-corrected chi connectivity index (χ1v) is 10.1. The third-order valence-corrected chi connectivity index (χ3v) is 6.87. The number of fused-ring (bicyclic) bond motifs is 2. The fourth-order valence-electron chi connectivity index (χ4n) is 5.37. The summed E-state index contributed by atoms with van der Waals surface area (Å²) in [6, 6.07) is 3.86. The van der Waals surface area contributed by atoms with Gasteiger partial charge in [-0.3, -0.25) is 14.6 Å². The zero-order valence-electron chi connectivity index (χ0n) is 15.6. The van der Waals surface area contributed by atoms with E-state index >= 15 is 0 Å². The predicted molar refractivity (Wildman–Crippen MR) is 99.4 cm³/mol. The van der Waals surface area contributed by atoms with Gasteiger partial charge in [-0.05, 0) is 68.9 Å². The lowest BCUT2D eigenvalue weighted by molar-refractivity contribution is -0.127. The van der Waals surface area contributed by atoms with Gasteiger partial charge in [0.15, 0.2) is 0 Å². The number of pyridine rings is 1. The monoisotopic (exact) mass is 355 g/mol. The van der Waals surface area contributed by atoms with Gasteiger partial charge in [-0.2, -0.15) is 0 Å². The summed E-state index contributed by atoms with van der Waals surface area (Å²) in [4.78, 5) is 31.0. The Hall–Kier alpha value is -1.91. The van der Waals surface area contributed by atoms with Crippen LogP contribution in [0.5, 0.6) is 0 Å². The molecule has 2 aliphatic carbocycles. The Bertz CT molecular complexity index is 654. The van der Waals surface area contributed by atoms with Crippen LogP contribution >= 0.6 is 0 Å². The number of hydrogen-bond acceptors (Lipinski definition) is 3. The molecule has 0 spiro atoms. The number of piperidine rings is 1. The van der Waals surface area contributed by atoms with Crippen LogP contribution in [0.4, 0.5) is 0 Å². The number of nitrogens with zero attached hydrogens (tertiary/aromatic N) is 2. The largest absolute Gasteiger partial charge is 0.353 e. The van der Waals surface area contributed by atoms with Gasteiger partial charge in [0.2, 0.25) is 5.91 Å². The Kier molecular flexibility index (Phi) is 4.96. The molecule has 5 heteroatoms. The number of aromatic nitrogens is 1. The quantitative estimate of drug-likeness (QED) is 0.903. The average molecular weight is 355 g/mol. The van der Waals surface area contributed by atoms with Crippen LogP contribution in [0.3, 0.4) is 0 Å². The standard InChI is InChI=1S/C21H29N3O2/c1-14(19-12-15-4-5-17(19)11-15)23-20(25)16-6-9-24(10-7-16)21(26)18-3-2-8-22-13-18/h2-3,8,13-17,19H,4-7,9-12H2,1H3,(H,23,25)/t14-,15+,17+,19+/m1/s1. The molecule has 26 heavy (non-hydrogen) atoms. The highest BCUT2D eigenvalue weighted by atomic mass is 16.2. The van der Waals surface area contributed by atoms with E-state index in [2.05, 4.69) is 17.2 Å². The Labute approximate surface area is 155 Å². The molecule has 1 aromatic rings. The minimum absolute atomic E-state index is 0.0207. The minimum Gasteiger partial charge on any atom is -0.353 e. The highest BCUT2D eigenvalue weighted by Crippen LogP contribution is 2.49. The molecule has 0 radical (unpaired) electrons. The Morgan fingerprint density at radius 3 is 2.62 bits per heavy atom. The summed E-state index contributed by atoms with van der Waals surface area (Å²) in [6.07, 6.45) is 10.2. The fourth-order valence-corrected chi connectivity index (χ4v) is 5.37. The third-order valence-electron chi connectivity index (χ3n) is 6.87. The number of likely N-dealkylation sites (tertiary alicyclic amines) is 1. The van der Waals surface area contributed by atoms with E-state index in [1.165, 1.54) is 25.7 Å². The number of carbonyl (C=O) groups is 2. The molecule has 5 nitrogen and oxygen atoms in total. The predicted octanol–water partition coefficient (Wildman–Crippen LogP) is 2.87. The molecule has 1 aromatic heterocycles. The van der Waals surface area contributed by atoms with Gasteiger partial charge >= 0.3 is 0 Å². The molecule has 2 amide bonds. The van der Waals surface area contributed by atoms with Gasteiger partial charge in [0, 0.05) is 37.4 Å². The lowest BCUT2D eigenvalue weighted by Crippen LogP contribution is -2.47. The summed E-state index contributed by atoms with van der Waals surface area (Å²) in [5.41, 5.74) is 0.625. The van der Waals surface area contributed by atoms with Crippen molar-refractivity contribution in [2.24, 2.45) is 23.7 Å². The first kappa shape index (κ1) is 17.5. The lowest BCUT2D eigenvalue weighted by atomic mass is 9.83. The van der Waals surface area contributed by atoms with Crippen LogP contribution in [0.15, 0.2) is 24.5 Å². The molecule has 0 aromatic carbocycles. The summed E-state index contributed by atoms with van der Waals surface area (Å²) >= 11 is 0. The van der Waals surface area contributed by atoms with Crippen molar-refractivity contribution >= 4 is 11.8 Å². The molecule has 1 N–H and O–H groups in total. The summed E-state index contributed by atoms with van der Waals surface area (Å²) in [7, 11) is 0. The topological polar surface area (TPSA) is 62.3 Å². The van der Waals surface area contributed by atoms with Gasteiger partial charge < -0.3 is 10.2 Å². The summed E-state index contributed by atoms with van der Waals surface area (Å²) in [6.45, 7) is 3.48. The second-order valence-corrected chi connectivity index (χ2v) is 8.44. The first-order chi connectivity index (χ1) is 12.6. The van der Waals surface area contributed by atoms with Crippen LogP contribution in [0.2, 0.25) is 0 Å². The molecule has 2 heterocycles. The molecule has 1 aliphatic heterocycles. The van der Waals surface area contributed by atoms with E-state index in [0.29, 0.717) is 24.6 Å². The van der Waals surface area contributed by atoms with Crippen molar-refractivity contribution in [2.45, 2.75) is 51.5 Å². The van der Waals surface area contributed by atoms with Crippen LogP contribution in [0.25, 0.3) is 0 Å². The van der Waals surface area contributed by atoms with Crippen molar-refractivity contribution in [2.75, 3.05) is 13.1 Å². The highest BCUT2D eigenvalue weighted by Gasteiger charge is 2.42. The summed E-state index contributed by atoms with van der Waals surface area (Å²) < 4.78 is 0. The van der Waals surface area contributed by atoms with Gasteiger partial charge in [-0.1, -0.05) is 6.42 Å². The Morgan fingerprint density at radius 2 is 2.00 bits per heavy atom. The van der Waals surface area contributed by atoms with Crippen molar-refractivity contribution in [3.8, 4) is 0 Å². The zero-order chi connectivity index (χ0) is 18.1. The Balaban J connectivity index is 1.26. The molecule has 2 bridgehead atoms. The second kappa shape index (κ2) is 7.37. The molecule has 4 rings (SSSR count). The van der Waals surface area contributed by atoms with Gasteiger partial charge in [-0.15, -0.1) is 0 Å². The summed E-state index contributed by atoms with van der Waals surface area (Å²) in [5, 5.41) is 3.30. The summed E-state index contributed by atoms with van der Waals surface area (Å²) in [5.74, 6) is 2.65. The van der Waals surface area contributed by atoms with E-state index in [4.69, 9.17) is 0 Å². The zero-order valence-corrected chi connectivity index (χ0v) is 15.6. The second-order valence-electron chi connectivity index (χ2n) is 8.44. The molecule has 3 aliphatic rings. The molecule has 2 saturated carbocycles. The molecular formula is C21H29N3O2. The van der Waals surface area contributed by atoms with Gasteiger partial charge in [0.05, 0.1) is 5.56 Å². The molecule has 1 saturated heterocycles. The van der Waals surface area contributed by atoms with E-state index < -0.39 is 0 Å². The number of amides is 2. The maximum absolute atomic E-state index is 12.7. The molecule has 0 unspecified atom stereocenters. The third kappa shape index (κ3) is 3.49. The maximum atomic E-state index is 12.7. The SMILES string of the molecule is C[C@@H](NC(=O)C1CCN(C(=O)c2cccnc2)CC1)[C@@H]1C[C@H]2CC[C@H]1C2. The number of nitrogens with one attached hydrogen (secondary N) is 1. The Morgan fingerprint density at radius 1 is 1.19 bits per heavy atom. The molecule has 3 fully saturated rings. The van der Waals surface area contributed by atoms with E-state index in [9.17, 15) is 9.59 Å². The van der Waals surface area contributed by atoms with E-state index in [-0.39, 0.29) is 23.8 Å². The number of carbonyl (C=O) groups excluding carboxylic acids is 2. The number of hydrogen-bond donors (Lipinski definition) is 1. The maximum Gasteiger partial charge on any atom is 0.255 e. The van der Waals surface area contributed by atoms with Crippen molar-refractivity contribution in [1.29, 1.82) is 0 Å². The van der Waals surface area contributed by atoms with Gasteiger partial charge in [-0.25, -0.2) is 0 Å². The van der Waals surface area contributed by atoms with Crippen LogP contribution in [0, 0.1) is 23.7 Å². The highest BCUT2D eigenvalue weighted by molar-refractivity contribution is 5.94. The van der Waals surface area contributed by atoms with E-state index in [0.717, 1.165) is 24.7 Å². The smallest absolute Gasteiger partial charge is 0.255 e. The van der Waals surface area contributed by atoms with Crippen LogP contribution in [-0.2, 0) is 4.79 Å². The minimum atomic E-state index is 0.0207. The van der Waals surface area contributed by atoms with Gasteiger partial charge in [0.1, 0.15) is 0 Å². The first-order valence-electron chi connectivity index (χ1n) is 10.1. The average Bonchev–Trinajstić information content (AvgIpc) is 3.32. The van der Waals surface area contributed by atoms with Crippen LogP contribution in [0.1, 0.15) is 55.8 Å². The van der Waals surface area contributed by atoms with Crippen molar-refractivity contribution < 1.29 is 9.59 Å². The van der Waals surface area contributed by atoms with E-state index in [1.807, 2.05) is 4.90 Å². The van der Waals surface area contributed by atoms with Crippen LogP contribution < -0.4 is 5.32 Å². The van der Waals surface area contributed by atoms with Crippen molar-refractivity contribution in [1.82, 2.24) is 15.2 Å². The number of rotatable bonds is 4. The fraction of sp³-hybridized carbons (Fsp3) is 0.667.